The number of aromatic nitrogens is 11. The predicted molar refractivity (Wildman–Crippen MR) is 275 cm³/mol. The van der Waals surface area contributed by atoms with Gasteiger partial charge >= 0.3 is 6.01 Å². The summed E-state index contributed by atoms with van der Waals surface area (Å²) in [6, 6.07) is 7.43. The lowest BCUT2D eigenvalue weighted by molar-refractivity contribution is -0.120. The molecule has 0 unspecified atom stereocenters. The number of H-pyrrole nitrogens is 2. The van der Waals surface area contributed by atoms with Crippen molar-refractivity contribution in [3.63, 3.8) is 0 Å². The largest absolute Gasteiger partial charge is 0.477 e. The number of carbonyl (C=O) groups excluding carboxylic acids is 2. The van der Waals surface area contributed by atoms with E-state index >= 15 is 0 Å². The molecule has 10 aromatic heterocycles. The minimum absolute atomic E-state index is 0.134. The number of methoxy groups -OCH3 is 1. The lowest BCUT2D eigenvalue weighted by atomic mass is 9.84. The molecule has 2 fully saturated rings. The van der Waals surface area contributed by atoms with Crippen LogP contribution in [0.4, 0.5) is 11.4 Å². The van der Waals surface area contributed by atoms with E-state index in [0.29, 0.717) is 101 Å². The van der Waals surface area contributed by atoms with Crippen LogP contribution in [-0.4, -0.2) is 129 Å². The molecule has 0 radical (unpaired) electrons. The molecule has 366 valence electrons. The number of carbonyl (C=O) groups is 2. The zero-order valence-electron chi connectivity index (χ0n) is 39.8. The van der Waals surface area contributed by atoms with Crippen LogP contribution in [-0.2, 0) is 16.0 Å². The van der Waals surface area contributed by atoms with E-state index in [1.54, 1.807) is 52.1 Å². The fraction of sp³-hybridized carbons (Fsp3) is 0.327. The van der Waals surface area contributed by atoms with Crippen LogP contribution in [0.3, 0.4) is 0 Å². The maximum atomic E-state index is 13.6. The number of rotatable bonds is 14. The third kappa shape index (κ3) is 8.35. The van der Waals surface area contributed by atoms with Crippen LogP contribution >= 0.6 is 22.7 Å². The molecule has 0 saturated carbocycles. The number of amides is 2. The molecule has 21 nitrogen and oxygen atoms in total. The van der Waals surface area contributed by atoms with Crippen molar-refractivity contribution < 1.29 is 19.1 Å². The number of thiazole rings is 2. The first kappa shape index (κ1) is 45.4. The van der Waals surface area contributed by atoms with E-state index in [1.807, 2.05) is 18.3 Å². The zero-order valence-corrected chi connectivity index (χ0v) is 41.5. The summed E-state index contributed by atoms with van der Waals surface area (Å²) in [5.74, 6) is 0.0233. The van der Waals surface area contributed by atoms with Crippen LogP contribution in [0.25, 0.3) is 74.4 Å². The van der Waals surface area contributed by atoms with Crippen molar-refractivity contribution in [2.75, 3.05) is 63.6 Å². The van der Waals surface area contributed by atoms with Gasteiger partial charge in [0.25, 0.3) is 11.1 Å². The van der Waals surface area contributed by atoms with E-state index < -0.39 is 0 Å². The minimum atomic E-state index is -0.338. The smallest absolute Gasteiger partial charge is 0.319 e. The Morgan fingerprint density at radius 1 is 0.722 bits per heavy atom. The Labute approximate surface area is 416 Å². The molecule has 4 N–H and O–H groups in total. The summed E-state index contributed by atoms with van der Waals surface area (Å²) >= 11 is 2.78. The second-order valence-corrected chi connectivity index (χ2v) is 22.1. The first-order valence-electron chi connectivity index (χ1n) is 23.3. The summed E-state index contributed by atoms with van der Waals surface area (Å²) in [7, 11) is 1.48. The van der Waals surface area contributed by atoms with Crippen LogP contribution in [0, 0.1) is 10.8 Å². The van der Waals surface area contributed by atoms with Crippen molar-refractivity contribution in [3.8, 4) is 32.8 Å². The molecule has 2 aliphatic heterocycles. The highest BCUT2D eigenvalue weighted by molar-refractivity contribution is 7.22. The van der Waals surface area contributed by atoms with Crippen molar-refractivity contribution in [1.82, 2.24) is 63.9 Å². The summed E-state index contributed by atoms with van der Waals surface area (Å²) in [6.45, 7) is 13.0. The number of fused-ring (bicyclic) bond motifs is 10. The van der Waals surface area contributed by atoms with Gasteiger partial charge in [-0.25, -0.2) is 14.0 Å². The van der Waals surface area contributed by atoms with Crippen molar-refractivity contribution >= 4 is 99.4 Å². The van der Waals surface area contributed by atoms with Gasteiger partial charge in [0.15, 0.2) is 0 Å². The lowest BCUT2D eigenvalue weighted by Crippen LogP contribution is -2.55. The number of pyridine rings is 5. The van der Waals surface area contributed by atoms with Gasteiger partial charge in [-0.3, -0.25) is 43.9 Å². The van der Waals surface area contributed by atoms with Crippen molar-refractivity contribution in [2.45, 2.75) is 40.5 Å². The van der Waals surface area contributed by atoms with E-state index in [4.69, 9.17) is 24.7 Å². The van der Waals surface area contributed by atoms with Gasteiger partial charge in [0.1, 0.15) is 42.5 Å². The fourth-order valence-corrected chi connectivity index (χ4v) is 12.3. The quantitative estimate of drug-likeness (QED) is 0.0915. The van der Waals surface area contributed by atoms with Gasteiger partial charge in [-0.05, 0) is 41.9 Å². The average Bonchev–Trinajstić information content (AvgIpc) is 4.09. The monoisotopic (exact) mass is 1010 g/mol. The highest BCUT2D eigenvalue weighted by Gasteiger charge is 2.36. The van der Waals surface area contributed by atoms with E-state index in [0.717, 1.165) is 42.3 Å². The van der Waals surface area contributed by atoms with Gasteiger partial charge in [-0.1, -0.05) is 33.8 Å². The Morgan fingerprint density at radius 3 is 1.79 bits per heavy atom. The predicted octanol–water partition coefficient (Wildman–Crippen LogP) is 5.98. The topological polar surface area (TPSA) is 248 Å². The number of anilines is 2. The molecular weight excluding hydrogens is 959 g/mol. The summed E-state index contributed by atoms with van der Waals surface area (Å²) in [4.78, 5) is 88.6. The van der Waals surface area contributed by atoms with Crippen molar-refractivity contribution in [1.29, 1.82) is 0 Å². The second kappa shape index (κ2) is 17.2. The van der Waals surface area contributed by atoms with Gasteiger partial charge in [0.05, 0.1) is 76.9 Å². The molecule has 0 aromatic carbocycles. The van der Waals surface area contributed by atoms with E-state index in [2.05, 4.69) is 78.0 Å². The highest BCUT2D eigenvalue weighted by atomic mass is 32.1. The van der Waals surface area contributed by atoms with Crippen molar-refractivity contribution in [3.05, 3.63) is 87.8 Å². The van der Waals surface area contributed by atoms with E-state index in [9.17, 15) is 19.2 Å². The highest BCUT2D eigenvalue weighted by Crippen LogP contribution is 2.39. The normalized spacial score (nSPS) is 15.7. The van der Waals surface area contributed by atoms with Crippen LogP contribution in [0.1, 0.15) is 39.8 Å². The number of ether oxygens (including phenoxy) is 2. The number of nitrogens with one attached hydrogen (secondary N) is 4. The van der Waals surface area contributed by atoms with E-state index in [1.165, 1.54) is 29.8 Å². The lowest BCUT2D eigenvalue weighted by Gasteiger charge is -2.45. The molecule has 12 heterocycles. The van der Waals surface area contributed by atoms with Gasteiger partial charge in [0, 0.05) is 62.2 Å². The molecule has 0 atom stereocenters. The Morgan fingerprint density at radius 2 is 1.26 bits per heavy atom. The summed E-state index contributed by atoms with van der Waals surface area (Å²) < 4.78 is 15.1. The third-order valence-corrected chi connectivity index (χ3v) is 15.1. The Bertz CT molecular complexity index is 3960. The molecule has 0 bridgehead atoms. The first-order chi connectivity index (χ1) is 34.6. The number of nitrogens with zero attached hydrogens (tertiary/aromatic N) is 11. The number of aryl methyl sites for hydroxylation is 1. The summed E-state index contributed by atoms with van der Waals surface area (Å²) in [6.07, 6.45) is 11.4. The van der Waals surface area contributed by atoms with Crippen molar-refractivity contribution in [2.24, 2.45) is 10.8 Å². The maximum Gasteiger partial charge on any atom is 0.319 e. The second-order valence-electron chi connectivity index (χ2n) is 20.0. The Kier molecular flexibility index (Phi) is 10.9. The molecule has 2 aliphatic rings. The number of aromatic amines is 2. The Hall–Kier alpha value is -7.73. The molecule has 12 rings (SSSR count). The van der Waals surface area contributed by atoms with Gasteiger partial charge in [-0.15, -0.1) is 22.7 Å². The molecule has 72 heavy (non-hydrogen) atoms. The first-order valence-corrected chi connectivity index (χ1v) is 25.0. The van der Waals surface area contributed by atoms with Gasteiger partial charge in [-0.2, -0.15) is 15.2 Å². The van der Waals surface area contributed by atoms with Crippen LogP contribution in [0.2, 0.25) is 0 Å². The number of hydrogen-bond acceptors (Lipinski definition) is 17. The fourth-order valence-electron chi connectivity index (χ4n) is 10.0. The van der Waals surface area contributed by atoms with Gasteiger partial charge < -0.3 is 30.1 Å². The summed E-state index contributed by atoms with van der Waals surface area (Å²) in [5.41, 5.74) is 6.00. The SMILES string of the molecule is COc1ncc(-c2cn3nc4c5ncc(NC(=O)CN6CC(C)(C)C6)cc5[nH]c(=O)c4c3s2)c(OCCCc2ncccc2-c2cn3nc4c5ncc(NC(=O)CN6CC(C)(C)C6)cc5[nH]c(=O)c4c3s2)n1. The number of hydrogen-bond donors (Lipinski definition) is 4. The molecule has 23 heteroatoms. The third-order valence-electron chi connectivity index (χ3n) is 12.8. The standard InChI is InChI=1S/C49H47N15O6S2/c1-48(2)21-61(22-48)19-34(65)54-25-12-30-38(51-14-25)40-36(42(67)56-30)45-63(59-40)17-32(71-45)27-8-6-10-50-29(27)9-7-11-70-44-28(16-53-47(58-44)69-5)33-18-64-46(72-33)37-41(60-64)39-31(57-43(37)68)13-26(15-52-39)55-35(66)20-62-23-49(3,4)24-62/h6,8,10,12-18H,7,9,11,19-24H2,1-5H3,(H,54,65)(H,55,66)(H,56,67)(H,57,68). The average molecular weight is 1010 g/mol. The van der Waals surface area contributed by atoms with E-state index in [-0.39, 0.29) is 52.9 Å². The zero-order chi connectivity index (χ0) is 49.6. The minimum Gasteiger partial charge on any atom is -0.477 e. The Balaban J connectivity index is 0.740. The maximum absolute atomic E-state index is 13.6. The van der Waals surface area contributed by atoms with Crippen LogP contribution < -0.4 is 31.2 Å². The molecule has 0 spiro atoms. The molecule has 2 saturated heterocycles. The number of likely N-dealkylation sites (tertiary alicyclic amines) is 2. The molecule has 2 amide bonds. The summed E-state index contributed by atoms with van der Waals surface area (Å²) in [5, 5.41) is 16.2. The van der Waals surface area contributed by atoms with Gasteiger partial charge in [0.2, 0.25) is 17.7 Å². The molecule has 10 aromatic rings. The molecular formula is C49H47N15O6S2. The van der Waals surface area contributed by atoms with Crippen LogP contribution in [0.15, 0.2) is 71.0 Å². The molecule has 0 aliphatic carbocycles. The van der Waals surface area contributed by atoms with Crippen LogP contribution in [0.5, 0.6) is 11.9 Å².